The van der Waals surface area contributed by atoms with E-state index in [4.69, 9.17) is 0 Å². The molecule has 1 aromatic rings. The maximum atomic E-state index is 3.45. The maximum Gasteiger partial charge on any atom is 0.0278 e. The predicted molar refractivity (Wildman–Crippen MR) is 68.4 cm³/mol. The number of benzene rings is 1. The molecule has 2 rings (SSSR count). The minimum Gasteiger partial charge on any atom is -0.313 e. The third-order valence-electron chi connectivity index (χ3n) is 3.63. The lowest BCUT2D eigenvalue weighted by Crippen LogP contribution is -2.53. The van der Waals surface area contributed by atoms with Crippen molar-refractivity contribution in [3.8, 4) is 0 Å². The summed E-state index contributed by atoms with van der Waals surface area (Å²) in [5, 5.41) is 3.45. The van der Waals surface area contributed by atoms with E-state index in [2.05, 4.69) is 54.5 Å². The lowest BCUT2D eigenvalue weighted by Gasteiger charge is -2.40. The molecule has 0 aromatic heterocycles. The van der Waals surface area contributed by atoms with E-state index in [0.29, 0.717) is 5.54 Å². The topological polar surface area (TPSA) is 15.3 Å². The van der Waals surface area contributed by atoms with Crippen molar-refractivity contribution in [2.75, 3.05) is 20.1 Å². The Morgan fingerprint density at radius 1 is 1.31 bits per heavy atom. The van der Waals surface area contributed by atoms with Gasteiger partial charge in [-0.25, -0.2) is 0 Å². The average Bonchev–Trinajstić information content (AvgIpc) is 2.30. The molecular formula is C14H22N2. The van der Waals surface area contributed by atoms with Crippen molar-refractivity contribution in [3.05, 3.63) is 35.9 Å². The van der Waals surface area contributed by atoms with Crippen LogP contribution in [-0.2, 0) is 6.54 Å². The summed E-state index contributed by atoms with van der Waals surface area (Å²) in [5.41, 5.74) is 1.72. The number of hydrogen-bond donors (Lipinski definition) is 1. The second-order valence-electron chi connectivity index (χ2n) is 5.11. The van der Waals surface area contributed by atoms with Gasteiger partial charge in [-0.15, -0.1) is 0 Å². The van der Waals surface area contributed by atoms with Gasteiger partial charge in [0, 0.05) is 18.6 Å². The average molecular weight is 218 g/mol. The first kappa shape index (κ1) is 11.6. The molecule has 1 aromatic carbocycles. The molecule has 0 bridgehead atoms. The fourth-order valence-corrected chi connectivity index (χ4v) is 2.53. The molecule has 1 aliphatic rings. The minimum atomic E-state index is 0.299. The first-order chi connectivity index (χ1) is 7.72. The van der Waals surface area contributed by atoms with E-state index in [1.54, 1.807) is 0 Å². The highest BCUT2D eigenvalue weighted by molar-refractivity contribution is 5.14. The van der Waals surface area contributed by atoms with E-state index in [0.717, 1.165) is 13.1 Å². The highest BCUT2D eigenvalue weighted by Crippen LogP contribution is 2.21. The Morgan fingerprint density at radius 2 is 2.06 bits per heavy atom. The Kier molecular flexibility index (Phi) is 3.62. The standard InChI is InChI=1S/C14H22N2/c1-14(15-2)9-6-10-16(12-14)11-13-7-4-3-5-8-13/h3-5,7-8,15H,6,9-12H2,1-2H3/t14-/m0/s1. The summed E-state index contributed by atoms with van der Waals surface area (Å²) in [6.07, 6.45) is 2.58. The maximum absolute atomic E-state index is 3.45. The van der Waals surface area contributed by atoms with Crippen LogP contribution in [0.3, 0.4) is 0 Å². The van der Waals surface area contributed by atoms with Gasteiger partial charge >= 0.3 is 0 Å². The number of nitrogens with one attached hydrogen (secondary N) is 1. The fourth-order valence-electron chi connectivity index (χ4n) is 2.53. The van der Waals surface area contributed by atoms with Crippen LogP contribution >= 0.6 is 0 Å². The van der Waals surface area contributed by atoms with Gasteiger partial charge in [0.2, 0.25) is 0 Å². The van der Waals surface area contributed by atoms with E-state index in [9.17, 15) is 0 Å². The SMILES string of the molecule is CN[C@@]1(C)CCCN(Cc2ccccc2)C1. The molecule has 0 radical (unpaired) electrons. The van der Waals surface area contributed by atoms with Gasteiger partial charge in [-0.3, -0.25) is 4.90 Å². The molecule has 0 amide bonds. The molecule has 0 saturated carbocycles. The van der Waals surface area contributed by atoms with Crippen LogP contribution in [0.1, 0.15) is 25.3 Å². The quantitative estimate of drug-likeness (QED) is 0.837. The molecule has 16 heavy (non-hydrogen) atoms. The molecule has 0 aliphatic carbocycles. The number of likely N-dealkylation sites (tertiary alicyclic amines) is 1. The Hall–Kier alpha value is -0.860. The van der Waals surface area contributed by atoms with Crippen LogP contribution in [0.2, 0.25) is 0 Å². The van der Waals surface area contributed by atoms with E-state index in [1.165, 1.54) is 24.9 Å². The summed E-state index contributed by atoms with van der Waals surface area (Å²) in [6.45, 7) is 5.78. The molecule has 0 spiro atoms. The van der Waals surface area contributed by atoms with Crippen molar-refractivity contribution >= 4 is 0 Å². The van der Waals surface area contributed by atoms with Crippen LogP contribution in [0, 0.1) is 0 Å². The van der Waals surface area contributed by atoms with Crippen molar-refractivity contribution in [1.29, 1.82) is 0 Å². The van der Waals surface area contributed by atoms with Crippen LogP contribution in [0.5, 0.6) is 0 Å². The number of piperidine rings is 1. The van der Waals surface area contributed by atoms with Gasteiger partial charge in [-0.05, 0) is 38.9 Å². The van der Waals surface area contributed by atoms with E-state index in [1.807, 2.05) is 0 Å². The van der Waals surface area contributed by atoms with Crippen LogP contribution in [-0.4, -0.2) is 30.6 Å². The number of likely N-dealkylation sites (N-methyl/N-ethyl adjacent to an activating group) is 1. The summed E-state index contributed by atoms with van der Waals surface area (Å²) >= 11 is 0. The van der Waals surface area contributed by atoms with Crippen molar-refractivity contribution < 1.29 is 0 Å². The monoisotopic (exact) mass is 218 g/mol. The molecule has 1 heterocycles. The van der Waals surface area contributed by atoms with Gasteiger partial charge in [0.15, 0.2) is 0 Å². The van der Waals surface area contributed by atoms with Gasteiger partial charge in [0.05, 0.1) is 0 Å². The van der Waals surface area contributed by atoms with Crippen molar-refractivity contribution in [2.45, 2.75) is 31.8 Å². The smallest absolute Gasteiger partial charge is 0.0278 e. The number of hydrogen-bond acceptors (Lipinski definition) is 2. The zero-order chi connectivity index (χ0) is 11.4. The predicted octanol–water partition coefficient (Wildman–Crippen LogP) is 2.26. The van der Waals surface area contributed by atoms with Crippen molar-refractivity contribution in [1.82, 2.24) is 10.2 Å². The second-order valence-corrected chi connectivity index (χ2v) is 5.11. The minimum absolute atomic E-state index is 0.299. The zero-order valence-corrected chi connectivity index (χ0v) is 10.4. The first-order valence-corrected chi connectivity index (χ1v) is 6.17. The summed E-state index contributed by atoms with van der Waals surface area (Å²) < 4.78 is 0. The Bertz CT molecular complexity index is 323. The molecule has 2 nitrogen and oxygen atoms in total. The van der Waals surface area contributed by atoms with Gasteiger partial charge in [-0.1, -0.05) is 30.3 Å². The van der Waals surface area contributed by atoms with E-state index < -0.39 is 0 Å². The molecule has 88 valence electrons. The Morgan fingerprint density at radius 3 is 2.75 bits per heavy atom. The molecular weight excluding hydrogens is 196 g/mol. The molecule has 2 heteroatoms. The normalized spacial score (nSPS) is 26.9. The molecule has 1 fully saturated rings. The Balaban J connectivity index is 1.96. The van der Waals surface area contributed by atoms with Crippen molar-refractivity contribution in [3.63, 3.8) is 0 Å². The lowest BCUT2D eigenvalue weighted by molar-refractivity contribution is 0.133. The summed E-state index contributed by atoms with van der Waals surface area (Å²) in [4.78, 5) is 2.55. The zero-order valence-electron chi connectivity index (χ0n) is 10.4. The summed E-state index contributed by atoms with van der Waals surface area (Å²) in [7, 11) is 2.08. The van der Waals surface area contributed by atoms with Crippen LogP contribution in [0.4, 0.5) is 0 Å². The third kappa shape index (κ3) is 2.83. The van der Waals surface area contributed by atoms with Gasteiger partial charge in [0.1, 0.15) is 0 Å². The largest absolute Gasteiger partial charge is 0.313 e. The number of rotatable bonds is 3. The van der Waals surface area contributed by atoms with Gasteiger partial charge in [-0.2, -0.15) is 0 Å². The number of nitrogens with zero attached hydrogens (tertiary/aromatic N) is 1. The highest BCUT2D eigenvalue weighted by atomic mass is 15.2. The summed E-state index contributed by atoms with van der Waals surface area (Å²) in [6, 6.07) is 10.8. The molecule has 1 atom stereocenters. The lowest BCUT2D eigenvalue weighted by atomic mass is 9.91. The Labute approximate surface area is 98.7 Å². The highest BCUT2D eigenvalue weighted by Gasteiger charge is 2.28. The van der Waals surface area contributed by atoms with Crippen molar-refractivity contribution in [2.24, 2.45) is 0 Å². The molecule has 1 N–H and O–H groups in total. The first-order valence-electron chi connectivity index (χ1n) is 6.17. The second kappa shape index (κ2) is 4.98. The van der Waals surface area contributed by atoms with Crippen LogP contribution < -0.4 is 5.32 Å². The molecule has 1 aliphatic heterocycles. The van der Waals surface area contributed by atoms with Crippen LogP contribution in [0.25, 0.3) is 0 Å². The summed E-state index contributed by atoms with van der Waals surface area (Å²) in [5.74, 6) is 0. The van der Waals surface area contributed by atoms with E-state index >= 15 is 0 Å². The van der Waals surface area contributed by atoms with E-state index in [-0.39, 0.29) is 0 Å². The van der Waals surface area contributed by atoms with Crippen LogP contribution in [0.15, 0.2) is 30.3 Å². The fraction of sp³-hybridized carbons (Fsp3) is 0.571. The van der Waals surface area contributed by atoms with Gasteiger partial charge < -0.3 is 5.32 Å². The third-order valence-corrected chi connectivity index (χ3v) is 3.63. The molecule has 1 saturated heterocycles. The molecule has 0 unspecified atom stereocenters. The van der Waals surface area contributed by atoms with Gasteiger partial charge in [0.25, 0.3) is 0 Å².